The number of aromatic nitrogens is 3. The topological polar surface area (TPSA) is 82.5 Å². The van der Waals surface area contributed by atoms with E-state index in [2.05, 4.69) is 45.3 Å². The summed E-state index contributed by atoms with van der Waals surface area (Å²) < 4.78 is 1.42. The monoisotopic (exact) mass is 429 g/mol. The fourth-order valence-corrected chi connectivity index (χ4v) is 4.66. The maximum atomic E-state index is 12.6. The summed E-state index contributed by atoms with van der Waals surface area (Å²) in [6.45, 7) is 4.74. The van der Waals surface area contributed by atoms with Crippen molar-refractivity contribution in [3.8, 4) is 0 Å². The molecule has 164 valence electrons. The highest BCUT2D eigenvalue weighted by molar-refractivity contribution is 5.92. The van der Waals surface area contributed by atoms with E-state index in [9.17, 15) is 9.59 Å². The number of rotatable bonds is 6. The molecule has 1 fully saturated rings. The average molecular weight is 430 g/mol. The first kappa shape index (κ1) is 20.5. The van der Waals surface area contributed by atoms with Crippen LogP contribution >= 0.6 is 0 Å². The molecule has 2 N–H and O–H groups in total. The van der Waals surface area contributed by atoms with Crippen molar-refractivity contribution in [3.05, 3.63) is 82.0 Å². The summed E-state index contributed by atoms with van der Waals surface area (Å²) in [6, 6.07) is 15.6. The molecule has 4 heterocycles. The van der Waals surface area contributed by atoms with Gasteiger partial charge in [0.1, 0.15) is 11.3 Å². The largest absolute Gasteiger partial charge is 0.357 e. The number of fused-ring (bicyclic) bond motifs is 2. The molecule has 1 amide bonds. The highest BCUT2D eigenvalue weighted by atomic mass is 16.2. The van der Waals surface area contributed by atoms with Crippen LogP contribution in [0.4, 0.5) is 0 Å². The van der Waals surface area contributed by atoms with E-state index in [1.54, 1.807) is 24.4 Å². The first-order valence-electron chi connectivity index (χ1n) is 11.2. The fourth-order valence-electron chi connectivity index (χ4n) is 4.66. The third kappa shape index (κ3) is 4.03. The van der Waals surface area contributed by atoms with E-state index in [0.717, 1.165) is 24.2 Å². The minimum Gasteiger partial charge on any atom is -0.357 e. The van der Waals surface area contributed by atoms with E-state index in [1.165, 1.54) is 40.8 Å². The van der Waals surface area contributed by atoms with Crippen LogP contribution in [-0.2, 0) is 13.1 Å². The van der Waals surface area contributed by atoms with E-state index in [4.69, 9.17) is 0 Å². The number of benzene rings is 1. The van der Waals surface area contributed by atoms with E-state index in [1.807, 2.05) is 6.07 Å². The van der Waals surface area contributed by atoms with Gasteiger partial charge in [0.25, 0.3) is 11.5 Å². The molecule has 0 bridgehead atoms. The molecule has 1 aliphatic heterocycles. The van der Waals surface area contributed by atoms with Crippen molar-refractivity contribution in [2.24, 2.45) is 0 Å². The quantitative estimate of drug-likeness (QED) is 0.492. The summed E-state index contributed by atoms with van der Waals surface area (Å²) in [5.74, 6) is -0.361. The number of H-pyrrole nitrogens is 1. The Morgan fingerprint density at radius 2 is 2.12 bits per heavy atom. The van der Waals surface area contributed by atoms with Crippen LogP contribution in [0.1, 0.15) is 47.9 Å². The molecule has 1 atom stereocenters. The van der Waals surface area contributed by atoms with Crippen molar-refractivity contribution >= 4 is 22.5 Å². The predicted octanol–water partition coefficient (Wildman–Crippen LogP) is 3.48. The second kappa shape index (κ2) is 8.59. The highest BCUT2D eigenvalue weighted by Crippen LogP contribution is 2.24. The van der Waals surface area contributed by atoms with Gasteiger partial charge in [-0.05, 0) is 61.0 Å². The second-order valence-corrected chi connectivity index (χ2v) is 8.48. The van der Waals surface area contributed by atoms with E-state index >= 15 is 0 Å². The van der Waals surface area contributed by atoms with Gasteiger partial charge in [-0.3, -0.25) is 18.9 Å². The molecule has 1 saturated heterocycles. The smallest absolute Gasteiger partial charge is 0.270 e. The SMILES string of the molecule is CCC1CCCN1Cc1cc2ccc(CNC(=O)c3cc(=O)n4ccccc4n3)cc2[nH]1. The van der Waals surface area contributed by atoms with Crippen molar-refractivity contribution in [3.63, 3.8) is 0 Å². The van der Waals surface area contributed by atoms with Crippen LogP contribution in [0.25, 0.3) is 16.6 Å². The fraction of sp³-hybridized carbons (Fsp3) is 0.320. The molecule has 1 aromatic carbocycles. The number of aromatic amines is 1. The molecule has 5 rings (SSSR count). The third-order valence-electron chi connectivity index (χ3n) is 6.34. The summed E-state index contributed by atoms with van der Waals surface area (Å²) in [5.41, 5.74) is 3.59. The summed E-state index contributed by atoms with van der Waals surface area (Å²) >= 11 is 0. The van der Waals surface area contributed by atoms with Gasteiger partial charge in [-0.15, -0.1) is 0 Å². The molecule has 7 nitrogen and oxygen atoms in total. The Morgan fingerprint density at radius 3 is 3.00 bits per heavy atom. The lowest BCUT2D eigenvalue weighted by Crippen LogP contribution is -2.28. The second-order valence-electron chi connectivity index (χ2n) is 8.48. The molecule has 0 saturated carbocycles. The molecule has 1 unspecified atom stereocenters. The average Bonchev–Trinajstić information content (AvgIpc) is 3.43. The van der Waals surface area contributed by atoms with Crippen LogP contribution in [-0.4, -0.2) is 37.8 Å². The molecule has 0 radical (unpaired) electrons. The number of pyridine rings is 1. The first-order valence-corrected chi connectivity index (χ1v) is 11.2. The number of hydrogen-bond acceptors (Lipinski definition) is 4. The number of carbonyl (C=O) groups excluding carboxylic acids is 1. The van der Waals surface area contributed by atoms with Gasteiger partial charge in [0.15, 0.2) is 0 Å². The van der Waals surface area contributed by atoms with Crippen LogP contribution in [0, 0.1) is 0 Å². The van der Waals surface area contributed by atoms with Gasteiger partial charge in [-0.2, -0.15) is 0 Å². The molecule has 3 aromatic heterocycles. The normalized spacial score (nSPS) is 16.7. The van der Waals surface area contributed by atoms with Crippen LogP contribution in [0.5, 0.6) is 0 Å². The third-order valence-corrected chi connectivity index (χ3v) is 6.34. The van der Waals surface area contributed by atoms with Crippen LogP contribution in [0.15, 0.2) is 59.5 Å². The lowest BCUT2D eigenvalue weighted by molar-refractivity contribution is 0.0946. The van der Waals surface area contributed by atoms with Crippen molar-refractivity contribution < 1.29 is 4.79 Å². The summed E-state index contributed by atoms with van der Waals surface area (Å²) in [4.78, 5) is 35.2. The lowest BCUT2D eigenvalue weighted by atomic mass is 10.1. The summed E-state index contributed by atoms with van der Waals surface area (Å²) in [6.07, 6.45) is 5.40. The van der Waals surface area contributed by atoms with Gasteiger partial charge in [-0.25, -0.2) is 4.98 Å². The zero-order valence-electron chi connectivity index (χ0n) is 18.2. The van der Waals surface area contributed by atoms with E-state index in [0.29, 0.717) is 18.2 Å². The van der Waals surface area contributed by atoms with Crippen LogP contribution in [0.2, 0.25) is 0 Å². The van der Waals surface area contributed by atoms with Gasteiger partial charge in [0.05, 0.1) is 0 Å². The van der Waals surface area contributed by atoms with Crippen molar-refractivity contribution in [2.75, 3.05) is 6.54 Å². The minimum absolute atomic E-state index is 0.125. The molecule has 7 heteroatoms. The van der Waals surface area contributed by atoms with E-state index < -0.39 is 0 Å². The van der Waals surface area contributed by atoms with Crippen LogP contribution < -0.4 is 10.9 Å². The molecule has 0 aliphatic carbocycles. The molecule has 0 spiro atoms. The predicted molar refractivity (Wildman–Crippen MR) is 125 cm³/mol. The zero-order chi connectivity index (χ0) is 22.1. The van der Waals surface area contributed by atoms with Gasteiger partial charge in [-0.1, -0.05) is 25.1 Å². The van der Waals surface area contributed by atoms with Crippen molar-refractivity contribution in [2.45, 2.75) is 45.3 Å². The number of likely N-dealkylation sites (tertiary alicyclic amines) is 1. The molecule has 1 aliphatic rings. The highest BCUT2D eigenvalue weighted by Gasteiger charge is 2.23. The minimum atomic E-state index is -0.361. The number of hydrogen-bond donors (Lipinski definition) is 2. The van der Waals surface area contributed by atoms with Crippen LogP contribution in [0.3, 0.4) is 0 Å². The van der Waals surface area contributed by atoms with Gasteiger partial charge in [0.2, 0.25) is 0 Å². The molecular formula is C25H27N5O2. The maximum Gasteiger partial charge on any atom is 0.270 e. The Bertz CT molecular complexity index is 1340. The van der Waals surface area contributed by atoms with Crippen molar-refractivity contribution in [1.29, 1.82) is 0 Å². The molecular weight excluding hydrogens is 402 g/mol. The summed E-state index contributed by atoms with van der Waals surface area (Å²) in [7, 11) is 0. The zero-order valence-corrected chi connectivity index (χ0v) is 18.2. The van der Waals surface area contributed by atoms with Crippen molar-refractivity contribution in [1.82, 2.24) is 24.6 Å². The maximum absolute atomic E-state index is 12.6. The Hall–Kier alpha value is -3.45. The Balaban J connectivity index is 1.28. The number of amides is 1. The van der Waals surface area contributed by atoms with E-state index in [-0.39, 0.29) is 17.2 Å². The summed E-state index contributed by atoms with van der Waals surface area (Å²) in [5, 5.41) is 4.05. The van der Waals surface area contributed by atoms with Gasteiger partial charge >= 0.3 is 0 Å². The number of nitrogens with one attached hydrogen (secondary N) is 2. The van der Waals surface area contributed by atoms with Gasteiger partial charge in [0, 0.05) is 42.6 Å². The number of carbonyl (C=O) groups is 1. The Morgan fingerprint density at radius 1 is 1.22 bits per heavy atom. The Labute approximate surface area is 186 Å². The molecule has 4 aromatic rings. The molecule has 32 heavy (non-hydrogen) atoms. The first-order chi connectivity index (χ1) is 15.6. The van der Waals surface area contributed by atoms with Gasteiger partial charge < -0.3 is 10.3 Å². The Kier molecular flexibility index (Phi) is 5.49. The lowest BCUT2D eigenvalue weighted by Gasteiger charge is -2.22. The standard InChI is InChI=1S/C25H27N5O2/c1-2-20-6-5-10-29(20)16-19-13-18-9-8-17(12-21(18)27-19)15-26-25(32)22-14-24(31)30-11-4-3-7-23(30)28-22/h3-4,7-9,11-14,20,27H,2,5-6,10,15-16H2,1H3,(H,26,32). The number of nitrogens with zero attached hydrogens (tertiary/aromatic N) is 3.